The Hall–Kier alpha value is -1.92. The van der Waals surface area contributed by atoms with Gasteiger partial charge in [-0.05, 0) is 37.8 Å². The molecule has 29 heavy (non-hydrogen) atoms. The van der Waals surface area contributed by atoms with Crippen LogP contribution in [-0.2, 0) is 17.8 Å². The summed E-state index contributed by atoms with van der Waals surface area (Å²) in [6, 6.07) is 4.25. The minimum absolute atomic E-state index is 0.00563. The molecule has 0 aliphatic heterocycles. The fraction of sp³-hybridized carbons (Fsp3) is 0.652. The molecule has 6 heteroatoms. The van der Waals surface area contributed by atoms with Crippen molar-refractivity contribution in [3.05, 3.63) is 35.3 Å². The molecule has 6 nitrogen and oxygen atoms in total. The minimum atomic E-state index is -0.00563. The number of fused-ring (bicyclic) bond motifs is 1. The number of amides is 1. The van der Waals surface area contributed by atoms with E-state index in [9.17, 15) is 4.79 Å². The van der Waals surface area contributed by atoms with E-state index in [0.29, 0.717) is 24.8 Å². The molecule has 2 heterocycles. The van der Waals surface area contributed by atoms with E-state index in [2.05, 4.69) is 25.2 Å². The Labute approximate surface area is 174 Å². The van der Waals surface area contributed by atoms with Gasteiger partial charge in [0.25, 0.3) is 5.91 Å². The van der Waals surface area contributed by atoms with Crippen molar-refractivity contribution in [3.63, 3.8) is 0 Å². The van der Waals surface area contributed by atoms with Crippen molar-refractivity contribution in [2.75, 3.05) is 13.7 Å². The average molecular weight is 404 g/mol. The molecule has 1 amide bonds. The molecule has 2 aromatic heterocycles. The fourth-order valence-electron chi connectivity index (χ4n) is 3.69. The summed E-state index contributed by atoms with van der Waals surface area (Å²) >= 11 is 0. The largest absolute Gasteiger partial charge is 0.396 e. The second kappa shape index (κ2) is 12.6. The molecule has 1 fully saturated rings. The van der Waals surface area contributed by atoms with E-state index in [1.165, 1.54) is 19.3 Å². The quantitative estimate of drug-likeness (QED) is 0.690. The number of hydrogen-bond acceptors (Lipinski definition) is 4. The summed E-state index contributed by atoms with van der Waals surface area (Å²) in [5, 5.41) is 11.3. The minimum Gasteiger partial charge on any atom is -0.396 e. The summed E-state index contributed by atoms with van der Waals surface area (Å²) < 4.78 is 7.28. The van der Waals surface area contributed by atoms with E-state index >= 15 is 0 Å². The summed E-state index contributed by atoms with van der Waals surface area (Å²) in [7, 11) is 1.69. The molecule has 0 saturated heterocycles. The molecule has 2 aromatic rings. The van der Waals surface area contributed by atoms with E-state index in [1.807, 2.05) is 16.7 Å². The fourth-order valence-corrected chi connectivity index (χ4v) is 3.69. The molecule has 1 aliphatic carbocycles. The normalized spacial score (nSPS) is 14.5. The number of unbranched alkanes of at least 4 members (excludes halogenated alkanes) is 1. The van der Waals surface area contributed by atoms with Gasteiger partial charge in [-0.2, -0.15) is 0 Å². The average Bonchev–Trinajstić information content (AvgIpc) is 3.15. The number of carbonyl (C=O) groups is 1. The van der Waals surface area contributed by atoms with Crippen molar-refractivity contribution < 1.29 is 14.6 Å². The summed E-state index contributed by atoms with van der Waals surface area (Å²) in [5.41, 5.74) is 3.45. The molecule has 162 valence electrons. The van der Waals surface area contributed by atoms with E-state index < -0.39 is 0 Å². The molecule has 1 aliphatic rings. The van der Waals surface area contributed by atoms with Crippen molar-refractivity contribution in [1.82, 2.24) is 14.7 Å². The van der Waals surface area contributed by atoms with Crippen molar-refractivity contribution in [2.45, 2.75) is 84.3 Å². The van der Waals surface area contributed by atoms with Gasteiger partial charge in [0.05, 0.1) is 17.9 Å². The lowest BCUT2D eigenvalue weighted by atomic mass is 9.95. The number of aryl methyl sites for hydroxylation is 1. The third kappa shape index (κ3) is 6.82. The first-order chi connectivity index (χ1) is 14.1. The molecule has 1 saturated carbocycles. The Morgan fingerprint density at radius 3 is 2.62 bits per heavy atom. The molecule has 0 atom stereocenters. The Morgan fingerprint density at radius 1 is 1.28 bits per heavy atom. The van der Waals surface area contributed by atoms with Gasteiger partial charge in [-0.15, -0.1) is 0 Å². The second-order valence-corrected chi connectivity index (χ2v) is 7.73. The lowest BCUT2D eigenvalue weighted by molar-refractivity contribution is 0.0929. The second-order valence-electron chi connectivity index (χ2n) is 7.73. The molecule has 2 N–H and O–H groups in total. The molecule has 0 unspecified atom stereocenters. The van der Waals surface area contributed by atoms with Crippen LogP contribution in [-0.4, -0.2) is 40.2 Å². The molecule has 0 aromatic carbocycles. The predicted octanol–water partition coefficient (Wildman–Crippen LogP) is 4.27. The monoisotopic (exact) mass is 403 g/mol. The van der Waals surface area contributed by atoms with E-state index in [1.54, 1.807) is 7.11 Å². The molecular formula is C23H37N3O3. The van der Waals surface area contributed by atoms with Gasteiger partial charge in [0.15, 0.2) is 0 Å². The van der Waals surface area contributed by atoms with Gasteiger partial charge in [-0.1, -0.05) is 46.0 Å². The zero-order valence-electron chi connectivity index (χ0n) is 18.2. The van der Waals surface area contributed by atoms with Crippen LogP contribution in [0.25, 0.3) is 5.65 Å². The maximum atomic E-state index is 12.7. The Balaban J connectivity index is 0.000000537. The van der Waals surface area contributed by atoms with E-state index in [4.69, 9.17) is 14.8 Å². The highest BCUT2D eigenvalue weighted by atomic mass is 16.5. The molecule has 0 spiro atoms. The smallest absolute Gasteiger partial charge is 0.255 e. The zero-order valence-corrected chi connectivity index (χ0v) is 18.2. The number of aliphatic hydroxyl groups excluding tert-OH is 1. The summed E-state index contributed by atoms with van der Waals surface area (Å²) in [6.07, 6.45) is 11.8. The molecular weight excluding hydrogens is 366 g/mol. The third-order valence-electron chi connectivity index (χ3n) is 5.25. The van der Waals surface area contributed by atoms with Crippen LogP contribution in [0.1, 0.15) is 87.0 Å². The van der Waals surface area contributed by atoms with Crippen LogP contribution in [0.3, 0.4) is 0 Å². The lowest BCUT2D eigenvalue weighted by Gasteiger charge is -2.22. The number of hydrogen-bond donors (Lipinski definition) is 2. The van der Waals surface area contributed by atoms with Crippen molar-refractivity contribution in [3.8, 4) is 0 Å². The number of nitrogens with one attached hydrogen (secondary N) is 1. The first-order valence-corrected chi connectivity index (χ1v) is 11.0. The van der Waals surface area contributed by atoms with Crippen molar-refractivity contribution in [2.24, 2.45) is 0 Å². The third-order valence-corrected chi connectivity index (χ3v) is 5.25. The highest BCUT2D eigenvalue weighted by molar-refractivity contribution is 6.00. The first-order valence-electron chi connectivity index (χ1n) is 11.0. The van der Waals surface area contributed by atoms with Crippen LogP contribution in [0.4, 0.5) is 0 Å². The number of carbonyl (C=O) groups excluding carboxylic acids is 1. The van der Waals surface area contributed by atoms with Crippen LogP contribution in [0.15, 0.2) is 18.3 Å². The van der Waals surface area contributed by atoms with Gasteiger partial charge in [-0.3, -0.25) is 4.79 Å². The molecule has 0 bridgehead atoms. The molecule has 0 radical (unpaired) electrons. The number of ether oxygens (including phenoxy) is 1. The maximum Gasteiger partial charge on any atom is 0.255 e. The van der Waals surface area contributed by atoms with E-state index in [0.717, 1.165) is 55.6 Å². The molecule has 3 rings (SSSR count). The summed E-state index contributed by atoms with van der Waals surface area (Å²) in [6.45, 7) is 5.04. The van der Waals surface area contributed by atoms with Crippen LogP contribution < -0.4 is 5.32 Å². The van der Waals surface area contributed by atoms with Crippen molar-refractivity contribution in [1.29, 1.82) is 0 Å². The number of methoxy groups -OCH3 is 1. The number of aromatic nitrogens is 2. The SMILES string of the molecule is CCCCO.CCCc1cc(COC)n2ccc(C(=O)NC3CCCCC3)c2n1. The number of aliphatic hydroxyl groups is 1. The Bertz CT molecular complexity index is 749. The van der Waals surface area contributed by atoms with Crippen LogP contribution in [0.5, 0.6) is 0 Å². The lowest BCUT2D eigenvalue weighted by Crippen LogP contribution is -2.36. The van der Waals surface area contributed by atoms with Gasteiger partial charge >= 0.3 is 0 Å². The van der Waals surface area contributed by atoms with E-state index in [-0.39, 0.29) is 5.91 Å². The number of nitrogens with zero attached hydrogens (tertiary/aromatic N) is 2. The van der Waals surface area contributed by atoms with Gasteiger partial charge in [0, 0.05) is 31.6 Å². The van der Waals surface area contributed by atoms with Crippen LogP contribution in [0, 0.1) is 0 Å². The number of rotatable bonds is 8. The highest BCUT2D eigenvalue weighted by Crippen LogP contribution is 2.20. The Kier molecular flexibility index (Phi) is 10.2. The predicted molar refractivity (Wildman–Crippen MR) is 116 cm³/mol. The van der Waals surface area contributed by atoms with Gasteiger partial charge in [0.2, 0.25) is 0 Å². The summed E-state index contributed by atoms with van der Waals surface area (Å²) in [4.78, 5) is 17.5. The van der Waals surface area contributed by atoms with Gasteiger partial charge in [0.1, 0.15) is 5.65 Å². The zero-order chi connectivity index (χ0) is 21.1. The Morgan fingerprint density at radius 2 is 2.03 bits per heavy atom. The van der Waals surface area contributed by atoms with Crippen LogP contribution >= 0.6 is 0 Å². The summed E-state index contributed by atoms with van der Waals surface area (Å²) in [5.74, 6) is -0.00563. The van der Waals surface area contributed by atoms with Crippen LogP contribution in [0.2, 0.25) is 0 Å². The highest BCUT2D eigenvalue weighted by Gasteiger charge is 2.20. The first kappa shape index (κ1) is 23.4. The van der Waals surface area contributed by atoms with Gasteiger partial charge < -0.3 is 19.6 Å². The van der Waals surface area contributed by atoms with Gasteiger partial charge in [-0.25, -0.2) is 4.98 Å². The standard InChI is InChI=1S/C19H27N3O2.C4H10O/c1-3-7-15-12-16(13-24-2)22-11-10-17(18(22)20-15)19(23)21-14-8-5-4-6-9-14;1-2-3-4-5/h10-12,14H,3-9,13H2,1-2H3,(H,21,23);5H,2-4H2,1H3. The van der Waals surface area contributed by atoms with Crippen molar-refractivity contribution >= 4 is 11.6 Å². The topological polar surface area (TPSA) is 75.9 Å². The maximum absolute atomic E-state index is 12.7.